The summed E-state index contributed by atoms with van der Waals surface area (Å²) in [6.45, 7) is 4.31. The molecule has 1 aliphatic rings. The van der Waals surface area contributed by atoms with Crippen LogP contribution in [0.2, 0.25) is 0 Å². The summed E-state index contributed by atoms with van der Waals surface area (Å²) in [4.78, 5) is -0.00555. The van der Waals surface area contributed by atoms with E-state index in [0.29, 0.717) is 11.8 Å². The molecular formula is C15H20F2N2S. The van der Waals surface area contributed by atoms with Gasteiger partial charge in [-0.05, 0) is 30.4 Å². The van der Waals surface area contributed by atoms with Gasteiger partial charge >= 0.3 is 0 Å². The molecule has 0 aliphatic heterocycles. The smallest absolute Gasteiger partial charge is 0.150 e. The summed E-state index contributed by atoms with van der Waals surface area (Å²) in [6, 6.07) is 2.47. The van der Waals surface area contributed by atoms with Gasteiger partial charge in [-0.1, -0.05) is 38.9 Å². The molecule has 3 N–H and O–H groups in total. The second-order valence-corrected chi connectivity index (χ2v) is 6.14. The lowest BCUT2D eigenvalue weighted by Crippen LogP contribution is -2.35. The van der Waals surface area contributed by atoms with E-state index in [1.165, 1.54) is 18.6 Å². The zero-order valence-corrected chi connectivity index (χ0v) is 12.6. The van der Waals surface area contributed by atoms with Crippen LogP contribution in [0.15, 0.2) is 12.1 Å². The Bertz CT molecular complexity index is 496. The van der Waals surface area contributed by atoms with Crippen molar-refractivity contribution in [3.8, 4) is 0 Å². The number of halogens is 2. The lowest BCUT2D eigenvalue weighted by molar-refractivity contribution is 0.252. The molecule has 110 valence electrons. The van der Waals surface area contributed by atoms with Crippen LogP contribution in [0, 0.1) is 23.5 Å². The van der Waals surface area contributed by atoms with Gasteiger partial charge in [0, 0.05) is 11.6 Å². The minimum atomic E-state index is -0.641. The highest BCUT2D eigenvalue weighted by atomic mass is 32.1. The summed E-state index contributed by atoms with van der Waals surface area (Å²) in [7, 11) is 0. The van der Waals surface area contributed by atoms with E-state index in [1.807, 2.05) is 0 Å². The summed E-state index contributed by atoms with van der Waals surface area (Å²) < 4.78 is 28.1. The van der Waals surface area contributed by atoms with Crippen molar-refractivity contribution in [2.75, 3.05) is 5.32 Å². The Morgan fingerprint density at radius 1 is 1.25 bits per heavy atom. The Morgan fingerprint density at radius 3 is 2.40 bits per heavy atom. The molecule has 1 fully saturated rings. The molecule has 5 heteroatoms. The van der Waals surface area contributed by atoms with E-state index in [0.717, 1.165) is 12.8 Å². The molecule has 0 heterocycles. The van der Waals surface area contributed by atoms with Crippen LogP contribution in [0.3, 0.4) is 0 Å². The summed E-state index contributed by atoms with van der Waals surface area (Å²) in [6.07, 6.45) is 3.18. The Hall–Kier alpha value is -1.23. The molecule has 0 aromatic heterocycles. The topological polar surface area (TPSA) is 38.0 Å². The van der Waals surface area contributed by atoms with E-state index in [-0.39, 0.29) is 22.3 Å². The second kappa shape index (κ2) is 6.04. The van der Waals surface area contributed by atoms with Crippen molar-refractivity contribution >= 4 is 22.9 Å². The van der Waals surface area contributed by atoms with E-state index >= 15 is 0 Å². The zero-order chi connectivity index (χ0) is 14.9. The number of nitrogens with two attached hydrogens (primary N) is 1. The molecule has 0 radical (unpaired) electrons. The predicted molar refractivity (Wildman–Crippen MR) is 81.8 cm³/mol. The third-order valence-corrected chi connectivity index (χ3v) is 4.60. The van der Waals surface area contributed by atoms with Gasteiger partial charge in [0.2, 0.25) is 0 Å². The fourth-order valence-electron chi connectivity index (χ4n) is 2.82. The first-order chi connectivity index (χ1) is 9.40. The van der Waals surface area contributed by atoms with Crippen LogP contribution < -0.4 is 11.1 Å². The van der Waals surface area contributed by atoms with Crippen LogP contribution >= 0.6 is 12.2 Å². The van der Waals surface area contributed by atoms with Crippen LogP contribution in [0.1, 0.15) is 38.7 Å². The van der Waals surface area contributed by atoms with Crippen molar-refractivity contribution in [1.29, 1.82) is 0 Å². The van der Waals surface area contributed by atoms with Gasteiger partial charge in [-0.2, -0.15) is 0 Å². The molecule has 1 saturated carbocycles. The largest absolute Gasteiger partial charge is 0.389 e. The number of hydrogen-bond donors (Lipinski definition) is 2. The van der Waals surface area contributed by atoms with Gasteiger partial charge in [-0.25, -0.2) is 8.78 Å². The van der Waals surface area contributed by atoms with Gasteiger partial charge in [0.1, 0.15) is 22.3 Å². The molecule has 0 amide bonds. The second-order valence-electron chi connectivity index (χ2n) is 5.70. The summed E-state index contributed by atoms with van der Waals surface area (Å²) in [5, 5.41) is 3.03. The molecule has 2 rings (SSSR count). The van der Waals surface area contributed by atoms with E-state index in [1.54, 1.807) is 0 Å². The standard InChI is InChI=1S/C15H20F2N2S/c1-8-4-3-5-13(9(8)2)19-14-11(16)6-10(15(18)20)7-12(14)17/h6-9,13,19H,3-5H2,1-2H3,(H2,18,20). The first kappa shape index (κ1) is 15.2. The van der Waals surface area contributed by atoms with Crippen molar-refractivity contribution in [3.63, 3.8) is 0 Å². The molecule has 3 atom stereocenters. The number of thiocarbonyl (C=S) groups is 1. The van der Waals surface area contributed by atoms with Crippen LogP contribution in [-0.2, 0) is 0 Å². The highest BCUT2D eigenvalue weighted by Crippen LogP contribution is 2.33. The molecule has 0 spiro atoms. The summed E-state index contributed by atoms with van der Waals surface area (Å²) in [5.74, 6) is -0.336. The highest BCUT2D eigenvalue weighted by molar-refractivity contribution is 7.80. The summed E-state index contributed by atoms with van der Waals surface area (Å²) in [5.41, 5.74) is 5.54. The molecule has 1 aromatic rings. The number of hydrogen-bond acceptors (Lipinski definition) is 2. The van der Waals surface area contributed by atoms with Crippen molar-refractivity contribution in [2.45, 2.75) is 39.2 Å². The van der Waals surface area contributed by atoms with Gasteiger partial charge < -0.3 is 11.1 Å². The fourth-order valence-corrected chi connectivity index (χ4v) is 2.94. The minimum absolute atomic E-state index is 0.00555. The number of anilines is 1. The van der Waals surface area contributed by atoms with Crippen molar-refractivity contribution in [2.24, 2.45) is 17.6 Å². The van der Waals surface area contributed by atoms with Crippen molar-refractivity contribution in [1.82, 2.24) is 0 Å². The predicted octanol–water partition coefficient (Wildman–Crippen LogP) is 3.84. The molecule has 1 aliphatic carbocycles. The van der Waals surface area contributed by atoms with Crippen LogP contribution in [-0.4, -0.2) is 11.0 Å². The molecular weight excluding hydrogens is 278 g/mol. The van der Waals surface area contributed by atoms with Crippen molar-refractivity contribution in [3.05, 3.63) is 29.3 Å². The Morgan fingerprint density at radius 2 is 1.85 bits per heavy atom. The van der Waals surface area contributed by atoms with Crippen molar-refractivity contribution < 1.29 is 8.78 Å². The fraction of sp³-hybridized carbons (Fsp3) is 0.533. The van der Waals surface area contributed by atoms with Crippen LogP contribution in [0.4, 0.5) is 14.5 Å². The summed E-state index contributed by atoms with van der Waals surface area (Å²) >= 11 is 4.74. The number of nitrogens with one attached hydrogen (secondary N) is 1. The molecule has 0 bridgehead atoms. The highest BCUT2D eigenvalue weighted by Gasteiger charge is 2.28. The van der Waals surface area contributed by atoms with Gasteiger partial charge in [0.15, 0.2) is 0 Å². The maximum absolute atomic E-state index is 14.0. The van der Waals surface area contributed by atoms with Gasteiger partial charge in [0.25, 0.3) is 0 Å². The van der Waals surface area contributed by atoms with Gasteiger partial charge in [0.05, 0.1) is 0 Å². The zero-order valence-electron chi connectivity index (χ0n) is 11.7. The van der Waals surface area contributed by atoms with Gasteiger partial charge in [-0.15, -0.1) is 0 Å². The lowest BCUT2D eigenvalue weighted by Gasteiger charge is -2.35. The Labute approximate surface area is 123 Å². The Balaban J connectivity index is 2.23. The quantitative estimate of drug-likeness (QED) is 0.833. The lowest BCUT2D eigenvalue weighted by atomic mass is 9.78. The van der Waals surface area contributed by atoms with E-state index < -0.39 is 11.6 Å². The number of rotatable bonds is 3. The van der Waals surface area contributed by atoms with Crippen LogP contribution in [0.5, 0.6) is 0 Å². The first-order valence-corrected chi connectivity index (χ1v) is 7.36. The first-order valence-electron chi connectivity index (χ1n) is 6.95. The minimum Gasteiger partial charge on any atom is -0.389 e. The maximum Gasteiger partial charge on any atom is 0.150 e. The average Bonchev–Trinajstić information content (AvgIpc) is 2.38. The SMILES string of the molecule is CC1CCCC(Nc2c(F)cc(C(N)=S)cc2F)C1C. The monoisotopic (exact) mass is 298 g/mol. The van der Waals surface area contributed by atoms with E-state index in [2.05, 4.69) is 19.2 Å². The maximum atomic E-state index is 14.0. The third-order valence-electron chi connectivity index (χ3n) is 4.36. The Kier molecular flexibility index (Phi) is 4.58. The molecule has 1 aromatic carbocycles. The molecule has 3 unspecified atom stereocenters. The normalized spacial score (nSPS) is 26.3. The molecule has 0 saturated heterocycles. The third kappa shape index (κ3) is 3.08. The molecule has 2 nitrogen and oxygen atoms in total. The van der Waals surface area contributed by atoms with Gasteiger partial charge in [-0.3, -0.25) is 0 Å². The van der Waals surface area contributed by atoms with Crippen LogP contribution in [0.25, 0.3) is 0 Å². The van der Waals surface area contributed by atoms with E-state index in [4.69, 9.17) is 18.0 Å². The number of benzene rings is 1. The molecule has 20 heavy (non-hydrogen) atoms. The van der Waals surface area contributed by atoms with E-state index in [9.17, 15) is 8.78 Å². The average molecular weight is 298 g/mol.